The van der Waals surface area contributed by atoms with Gasteiger partial charge in [0.15, 0.2) is 5.82 Å². The van der Waals surface area contributed by atoms with Crippen LogP contribution in [0.25, 0.3) is 0 Å². The van der Waals surface area contributed by atoms with Gasteiger partial charge in [0.1, 0.15) is 0 Å². The molecule has 0 bridgehead atoms. The molecule has 0 spiro atoms. The van der Waals surface area contributed by atoms with E-state index in [-0.39, 0.29) is 18.9 Å². The summed E-state index contributed by atoms with van der Waals surface area (Å²) in [5.41, 5.74) is 0.965. The Bertz CT molecular complexity index is 681. The highest BCUT2D eigenvalue weighted by molar-refractivity contribution is 5.40. The maximum atomic E-state index is 13.2. The van der Waals surface area contributed by atoms with E-state index in [0.717, 1.165) is 83.5 Å². The summed E-state index contributed by atoms with van der Waals surface area (Å²) in [7, 11) is 0. The van der Waals surface area contributed by atoms with Gasteiger partial charge in [-0.2, -0.15) is 18.3 Å². The molecule has 2 unspecified atom stereocenters. The van der Waals surface area contributed by atoms with Crippen LogP contribution in [-0.2, 0) is 4.74 Å². The molecular weight excluding hydrogens is 395 g/mol. The Kier molecular flexibility index (Phi) is 6.89. The number of nitrogens with zero attached hydrogens (tertiary/aromatic N) is 5. The van der Waals surface area contributed by atoms with Crippen molar-refractivity contribution in [2.24, 2.45) is 5.92 Å². The molecule has 1 aromatic heterocycles. The summed E-state index contributed by atoms with van der Waals surface area (Å²) in [6, 6.07) is 1.90. The van der Waals surface area contributed by atoms with Crippen LogP contribution >= 0.6 is 0 Å². The fraction of sp³-hybridized carbons (Fsp3) is 0.857. The third kappa shape index (κ3) is 5.29. The smallest absolute Gasteiger partial charge is 0.379 e. The van der Waals surface area contributed by atoms with Gasteiger partial charge in [0, 0.05) is 64.1 Å². The molecule has 3 fully saturated rings. The molecule has 2 atom stereocenters. The molecular formula is C21H34F3N5O. The van der Waals surface area contributed by atoms with Crippen LogP contribution in [0.3, 0.4) is 0 Å². The number of morpholine rings is 1. The summed E-state index contributed by atoms with van der Waals surface area (Å²) in [6.45, 7) is 11.6. The van der Waals surface area contributed by atoms with Crippen molar-refractivity contribution < 1.29 is 17.9 Å². The maximum Gasteiger partial charge on any atom is 0.391 e. The SMILES string of the molecule is Cc1cc(N2CCN(CCN3CCOCC3)CC2)nn1C1CCCC(C(F)(F)F)C1. The molecule has 0 radical (unpaired) electrons. The summed E-state index contributed by atoms with van der Waals surface area (Å²) >= 11 is 0. The van der Waals surface area contributed by atoms with Gasteiger partial charge in [-0.25, -0.2) is 0 Å². The second kappa shape index (κ2) is 9.44. The molecule has 0 amide bonds. The van der Waals surface area contributed by atoms with E-state index >= 15 is 0 Å². The first kappa shape index (κ1) is 21.9. The first-order chi connectivity index (χ1) is 14.4. The van der Waals surface area contributed by atoms with Crippen molar-refractivity contribution in [3.63, 3.8) is 0 Å². The molecule has 2 saturated heterocycles. The number of piperazine rings is 1. The Hall–Kier alpha value is -1.32. The average Bonchev–Trinajstić information content (AvgIpc) is 3.14. The number of aromatic nitrogens is 2. The van der Waals surface area contributed by atoms with Crippen molar-refractivity contribution in [2.75, 3.05) is 70.5 Å². The maximum absolute atomic E-state index is 13.2. The zero-order valence-electron chi connectivity index (χ0n) is 17.9. The molecule has 2 aliphatic heterocycles. The molecule has 0 aromatic carbocycles. The monoisotopic (exact) mass is 429 g/mol. The molecule has 3 heterocycles. The Morgan fingerprint density at radius 2 is 1.67 bits per heavy atom. The van der Waals surface area contributed by atoms with Crippen molar-refractivity contribution in [3.8, 4) is 0 Å². The van der Waals surface area contributed by atoms with Crippen LogP contribution in [0, 0.1) is 12.8 Å². The van der Waals surface area contributed by atoms with E-state index in [9.17, 15) is 13.2 Å². The van der Waals surface area contributed by atoms with E-state index in [1.54, 1.807) is 0 Å². The van der Waals surface area contributed by atoms with Crippen LogP contribution in [0.2, 0.25) is 0 Å². The Morgan fingerprint density at radius 3 is 2.33 bits per heavy atom. The second-order valence-corrected chi connectivity index (χ2v) is 8.93. The lowest BCUT2D eigenvalue weighted by atomic mass is 9.85. The van der Waals surface area contributed by atoms with E-state index in [2.05, 4.69) is 14.7 Å². The third-order valence-electron chi connectivity index (χ3n) is 6.90. The van der Waals surface area contributed by atoms with Crippen LogP contribution in [0.1, 0.15) is 37.4 Å². The van der Waals surface area contributed by atoms with Crippen molar-refractivity contribution in [1.29, 1.82) is 0 Å². The van der Waals surface area contributed by atoms with Gasteiger partial charge in [0.05, 0.1) is 25.2 Å². The molecule has 1 saturated carbocycles. The third-order valence-corrected chi connectivity index (χ3v) is 6.90. The van der Waals surface area contributed by atoms with Gasteiger partial charge in [-0.15, -0.1) is 0 Å². The number of hydrogen-bond acceptors (Lipinski definition) is 5. The van der Waals surface area contributed by atoms with E-state index in [1.165, 1.54) is 0 Å². The first-order valence-electron chi connectivity index (χ1n) is 11.3. The number of rotatable bonds is 5. The molecule has 1 aromatic rings. The first-order valence-corrected chi connectivity index (χ1v) is 11.3. The normalized spacial score (nSPS) is 27.5. The molecule has 170 valence electrons. The van der Waals surface area contributed by atoms with Gasteiger partial charge < -0.3 is 9.64 Å². The van der Waals surface area contributed by atoms with Crippen molar-refractivity contribution in [1.82, 2.24) is 19.6 Å². The highest BCUT2D eigenvalue weighted by Gasteiger charge is 2.43. The number of anilines is 1. The predicted octanol–water partition coefficient (Wildman–Crippen LogP) is 2.94. The zero-order chi connectivity index (χ0) is 21.1. The number of hydrogen-bond donors (Lipinski definition) is 0. The summed E-state index contributed by atoms with van der Waals surface area (Å²) < 4.78 is 46.8. The summed E-state index contributed by atoms with van der Waals surface area (Å²) in [5.74, 6) is -0.284. The highest BCUT2D eigenvalue weighted by atomic mass is 19.4. The number of aryl methyl sites for hydroxylation is 1. The molecule has 30 heavy (non-hydrogen) atoms. The van der Waals surface area contributed by atoms with E-state index in [1.807, 2.05) is 17.7 Å². The number of halogens is 3. The Labute approximate surface area is 176 Å². The molecule has 3 aliphatic rings. The Balaban J connectivity index is 1.29. The summed E-state index contributed by atoms with van der Waals surface area (Å²) in [6.07, 6.45) is -2.30. The van der Waals surface area contributed by atoms with Crippen molar-refractivity contribution >= 4 is 5.82 Å². The van der Waals surface area contributed by atoms with Gasteiger partial charge in [0.2, 0.25) is 0 Å². The van der Waals surface area contributed by atoms with Gasteiger partial charge in [0.25, 0.3) is 0 Å². The lowest BCUT2D eigenvalue weighted by molar-refractivity contribution is -0.185. The van der Waals surface area contributed by atoms with Crippen LogP contribution in [0.15, 0.2) is 6.07 Å². The van der Waals surface area contributed by atoms with Crippen molar-refractivity contribution in [3.05, 3.63) is 11.8 Å². The van der Waals surface area contributed by atoms with Crippen LogP contribution < -0.4 is 4.90 Å². The highest BCUT2D eigenvalue weighted by Crippen LogP contribution is 2.42. The Morgan fingerprint density at radius 1 is 1.00 bits per heavy atom. The standard InChI is InChI=1S/C21H34F3N5O/c1-17-15-20(25-29(17)19-4-2-3-18(16-19)21(22,23)24)28-9-7-26(8-10-28)5-6-27-11-13-30-14-12-27/h15,18-19H,2-14,16H2,1H3. The second-order valence-electron chi connectivity index (χ2n) is 8.93. The summed E-state index contributed by atoms with van der Waals surface area (Å²) in [5, 5.41) is 4.75. The van der Waals surface area contributed by atoms with E-state index < -0.39 is 12.1 Å². The van der Waals surface area contributed by atoms with Crippen LogP contribution in [0.4, 0.5) is 19.0 Å². The van der Waals surface area contributed by atoms with Crippen LogP contribution in [0.5, 0.6) is 0 Å². The topological polar surface area (TPSA) is 36.8 Å². The van der Waals surface area contributed by atoms with E-state index in [4.69, 9.17) is 9.84 Å². The van der Waals surface area contributed by atoms with Gasteiger partial charge in [-0.05, 0) is 26.2 Å². The largest absolute Gasteiger partial charge is 0.391 e. The molecule has 4 rings (SSSR count). The average molecular weight is 430 g/mol. The summed E-state index contributed by atoms with van der Waals surface area (Å²) in [4.78, 5) is 7.23. The van der Waals surface area contributed by atoms with Crippen LogP contribution in [-0.4, -0.2) is 91.3 Å². The predicted molar refractivity (Wildman–Crippen MR) is 110 cm³/mol. The molecule has 0 N–H and O–H groups in total. The van der Waals surface area contributed by atoms with Gasteiger partial charge in [-0.1, -0.05) is 6.42 Å². The molecule has 1 aliphatic carbocycles. The minimum absolute atomic E-state index is 0.145. The lowest BCUT2D eigenvalue weighted by Crippen LogP contribution is -2.49. The number of ether oxygens (including phenoxy) is 1. The lowest BCUT2D eigenvalue weighted by Gasteiger charge is -2.36. The quantitative estimate of drug-likeness (QED) is 0.720. The van der Waals surface area contributed by atoms with E-state index in [0.29, 0.717) is 6.42 Å². The molecule has 6 nitrogen and oxygen atoms in total. The zero-order valence-corrected chi connectivity index (χ0v) is 17.9. The minimum atomic E-state index is -4.10. The molecule has 9 heteroatoms. The van der Waals surface area contributed by atoms with Crippen molar-refractivity contribution in [2.45, 2.75) is 44.8 Å². The van der Waals surface area contributed by atoms with Gasteiger partial charge >= 0.3 is 6.18 Å². The fourth-order valence-electron chi connectivity index (χ4n) is 4.99. The van der Waals surface area contributed by atoms with Gasteiger partial charge in [-0.3, -0.25) is 14.5 Å². The fourth-order valence-corrected chi connectivity index (χ4v) is 4.99. The number of alkyl halides is 3. The minimum Gasteiger partial charge on any atom is -0.379 e.